The minimum Gasteiger partial charge on any atom is -0.313 e. The van der Waals surface area contributed by atoms with E-state index in [9.17, 15) is 0 Å². The molecule has 0 aromatic heterocycles. The normalized spacial score (nSPS) is 12.7. The van der Waals surface area contributed by atoms with Gasteiger partial charge in [0.15, 0.2) is 0 Å². The summed E-state index contributed by atoms with van der Waals surface area (Å²) >= 11 is 0. The molecule has 1 heteroatoms. The molecular formula is C13H21N. The molecule has 0 radical (unpaired) electrons. The zero-order valence-corrected chi connectivity index (χ0v) is 9.29. The van der Waals surface area contributed by atoms with Gasteiger partial charge in [0.25, 0.3) is 0 Å². The molecule has 1 N–H and O–H groups in total. The van der Waals surface area contributed by atoms with Crippen molar-refractivity contribution >= 4 is 0 Å². The van der Waals surface area contributed by atoms with E-state index >= 15 is 0 Å². The second-order valence-electron chi connectivity index (χ2n) is 3.96. The average Bonchev–Trinajstić information content (AvgIpc) is 2.25. The highest BCUT2D eigenvalue weighted by molar-refractivity contribution is 5.14. The standard InChI is InChI=1S/C13H21N/c1-3-12(2)9-10-14-11-13-7-5-4-6-8-13/h4-8,12,14H,3,9-11H2,1-2H3/t12-/m1/s1. The van der Waals surface area contributed by atoms with Gasteiger partial charge in [0.1, 0.15) is 0 Å². The van der Waals surface area contributed by atoms with Gasteiger partial charge >= 0.3 is 0 Å². The van der Waals surface area contributed by atoms with Crippen LogP contribution in [-0.2, 0) is 6.54 Å². The van der Waals surface area contributed by atoms with Crippen molar-refractivity contribution in [3.63, 3.8) is 0 Å². The van der Waals surface area contributed by atoms with Crippen LogP contribution in [0.1, 0.15) is 32.3 Å². The molecule has 1 rings (SSSR count). The van der Waals surface area contributed by atoms with Crippen molar-refractivity contribution in [2.24, 2.45) is 5.92 Å². The Balaban J connectivity index is 2.10. The Morgan fingerprint density at radius 2 is 1.93 bits per heavy atom. The summed E-state index contributed by atoms with van der Waals surface area (Å²) in [5, 5.41) is 3.47. The van der Waals surface area contributed by atoms with E-state index in [4.69, 9.17) is 0 Å². The molecule has 0 amide bonds. The molecule has 0 bridgehead atoms. The lowest BCUT2D eigenvalue weighted by Crippen LogP contribution is -2.16. The second kappa shape index (κ2) is 6.61. The summed E-state index contributed by atoms with van der Waals surface area (Å²) in [4.78, 5) is 0. The second-order valence-corrected chi connectivity index (χ2v) is 3.96. The van der Waals surface area contributed by atoms with Crippen molar-refractivity contribution in [1.82, 2.24) is 5.32 Å². The molecule has 14 heavy (non-hydrogen) atoms. The van der Waals surface area contributed by atoms with E-state index in [1.807, 2.05) is 0 Å². The van der Waals surface area contributed by atoms with E-state index in [0.29, 0.717) is 0 Å². The van der Waals surface area contributed by atoms with Gasteiger partial charge in [-0.1, -0.05) is 50.6 Å². The highest BCUT2D eigenvalue weighted by Gasteiger charge is 1.97. The van der Waals surface area contributed by atoms with Crippen LogP contribution in [0.3, 0.4) is 0 Å². The van der Waals surface area contributed by atoms with Crippen LogP contribution in [0.2, 0.25) is 0 Å². The lowest BCUT2D eigenvalue weighted by molar-refractivity contribution is 0.488. The lowest BCUT2D eigenvalue weighted by atomic mass is 10.1. The molecule has 0 heterocycles. The highest BCUT2D eigenvalue weighted by Crippen LogP contribution is 2.04. The molecule has 78 valence electrons. The summed E-state index contributed by atoms with van der Waals surface area (Å²) in [6.07, 6.45) is 2.57. The van der Waals surface area contributed by atoms with Gasteiger partial charge in [-0.25, -0.2) is 0 Å². The number of hydrogen-bond donors (Lipinski definition) is 1. The van der Waals surface area contributed by atoms with Gasteiger partial charge in [0, 0.05) is 6.54 Å². The minimum absolute atomic E-state index is 0.846. The van der Waals surface area contributed by atoms with Crippen LogP contribution in [-0.4, -0.2) is 6.54 Å². The van der Waals surface area contributed by atoms with Gasteiger partial charge in [-0.2, -0.15) is 0 Å². The summed E-state index contributed by atoms with van der Waals surface area (Å²) in [5.74, 6) is 0.846. The fourth-order valence-electron chi connectivity index (χ4n) is 1.38. The first-order chi connectivity index (χ1) is 6.83. The number of hydrogen-bond acceptors (Lipinski definition) is 1. The Kier molecular flexibility index (Phi) is 5.31. The third-order valence-corrected chi connectivity index (χ3v) is 2.68. The zero-order chi connectivity index (χ0) is 10.2. The molecule has 0 aliphatic heterocycles. The van der Waals surface area contributed by atoms with Gasteiger partial charge in [-0.3, -0.25) is 0 Å². The molecule has 0 aliphatic carbocycles. The Bertz CT molecular complexity index is 230. The van der Waals surface area contributed by atoms with E-state index < -0.39 is 0 Å². The zero-order valence-electron chi connectivity index (χ0n) is 9.29. The Hall–Kier alpha value is -0.820. The van der Waals surface area contributed by atoms with Crippen LogP contribution in [0.5, 0.6) is 0 Å². The van der Waals surface area contributed by atoms with Crippen LogP contribution >= 0.6 is 0 Å². The van der Waals surface area contributed by atoms with E-state index in [-0.39, 0.29) is 0 Å². The van der Waals surface area contributed by atoms with Crippen molar-refractivity contribution in [2.45, 2.75) is 33.2 Å². The SMILES string of the molecule is CC[C@@H](C)CCNCc1ccccc1. The van der Waals surface area contributed by atoms with E-state index in [2.05, 4.69) is 49.5 Å². The topological polar surface area (TPSA) is 12.0 Å². The predicted octanol–water partition coefficient (Wildman–Crippen LogP) is 3.21. The first-order valence-corrected chi connectivity index (χ1v) is 5.57. The molecule has 0 fully saturated rings. The molecular weight excluding hydrogens is 170 g/mol. The van der Waals surface area contributed by atoms with Crippen LogP contribution in [0.15, 0.2) is 30.3 Å². The van der Waals surface area contributed by atoms with Crippen LogP contribution < -0.4 is 5.32 Å². The van der Waals surface area contributed by atoms with E-state index in [1.165, 1.54) is 18.4 Å². The highest BCUT2D eigenvalue weighted by atomic mass is 14.8. The third-order valence-electron chi connectivity index (χ3n) is 2.68. The lowest BCUT2D eigenvalue weighted by Gasteiger charge is -2.09. The van der Waals surface area contributed by atoms with Crippen molar-refractivity contribution in [3.05, 3.63) is 35.9 Å². The molecule has 1 nitrogen and oxygen atoms in total. The van der Waals surface area contributed by atoms with Crippen molar-refractivity contribution < 1.29 is 0 Å². The number of nitrogens with one attached hydrogen (secondary N) is 1. The van der Waals surface area contributed by atoms with Crippen LogP contribution in [0.25, 0.3) is 0 Å². The first kappa shape index (κ1) is 11.3. The Morgan fingerprint density at radius 1 is 1.21 bits per heavy atom. The van der Waals surface area contributed by atoms with Crippen LogP contribution in [0, 0.1) is 5.92 Å². The summed E-state index contributed by atoms with van der Waals surface area (Å²) in [6, 6.07) is 10.6. The fraction of sp³-hybridized carbons (Fsp3) is 0.538. The maximum atomic E-state index is 3.47. The number of benzene rings is 1. The maximum absolute atomic E-state index is 3.47. The third kappa shape index (κ3) is 4.43. The molecule has 1 aromatic rings. The molecule has 0 spiro atoms. The minimum atomic E-state index is 0.846. The smallest absolute Gasteiger partial charge is 0.0205 e. The summed E-state index contributed by atoms with van der Waals surface area (Å²) in [7, 11) is 0. The van der Waals surface area contributed by atoms with E-state index in [1.54, 1.807) is 0 Å². The molecule has 0 unspecified atom stereocenters. The van der Waals surface area contributed by atoms with Gasteiger partial charge in [-0.15, -0.1) is 0 Å². The summed E-state index contributed by atoms with van der Waals surface area (Å²) in [5.41, 5.74) is 1.37. The van der Waals surface area contributed by atoms with Crippen molar-refractivity contribution in [2.75, 3.05) is 6.54 Å². The quantitative estimate of drug-likeness (QED) is 0.681. The molecule has 0 aliphatic rings. The number of rotatable bonds is 6. The summed E-state index contributed by atoms with van der Waals surface area (Å²) < 4.78 is 0. The van der Waals surface area contributed by atoms with E-state index in [0.717, 1.165) is 19.0 Å². The van der Waals surface area contributed by atoms with Gasteiger partial charge < -0.3 is 5.32 Å². The monoisotopic (exact) mass is 191 g/mol. The molecule has 0 saturated carbocycles. The van der Waals surface area contributed by atoms with Crippen molar-refractivity contribution in [3.8, 4) is 0 Å². The maximum Gasteiger partial charge on any atom is 0.0205 e. The van der Waals surface area contributed by atoms with Crippen LogP contribution in [0.4, 0.5) is 0 Å². The fourth-order valence-corrected chi connectivity index (χ4v) is 1.38. The van der Waals surface area contributed by atoms with Crippen molar-refractivity contribution in [1.29, 1.82) is 0 Å². The molecule has 0 saturated heterocycles. The molecule has 1 aromatic carbocycles. The average molecular weight is 191 g/mol. The van der Waals surface area contributed by atoms with Gasteiger partial charge in [0.05, 0.1) is 0 Å². The van der Waals surface area contributed by atoms with Gasteiger partial charge in [-0.05, 0) is 24.4 Å². The predicted molar refractivity (Wildman–Crippen MR) is 62.2 cm³/mol. The largest absolute Gasteiger partial charge is 0.313 e. The Labute approximate surface area is 87.5 Å². The van der Waals surface area contributed by atoms with Gasteiger partial charge in [0.2, 0.25) is 0 Å². The molecule has 1 atom stereocenters. The first-order valence-electron chi connectivity index (χ1n) is 5.57. The Morgan fingerprint density at radius 3 is 2.57 bits per heavy atom. The summed E-state index contributed by atoms with van der Waals surface area (Å²) in [6.45, 7) is 6.69.